The Hall–Kier alpha value is -2.73. The van der Waals surface area contributed by atoms with E-state index in [4.69, 9.17) is 9.47 Å². The molecule has 0 spiro atoms. The van der Waals surface area contributed by atoms with E-state index >= 15 is 0 Å². The van der Waals surface area contributed by atoms with Crippen LogP contribution in [-0.4, -0.2) is 42.3 Å². The van der Waals surface area contributed by atoms with E-state index in [-0.39, 0.29) is 18.7 Å². The summed E-state index contributed by atoms with van der Waals surface area (Å²) < 4.78 is 11.0. The third kappa shape index (κ3) is 4.46. The molecule has 1 fully saturated rings. The van der Waals surface area contributed by atoms with E-state index in [1.54, 1.807) is 42.3 Å². The number of benzene rings is 2. The second-order valence-corrected chi connectivity index (χ2v) is 6.26. The summed E-state index contributed by atoms with van der Waals surface area (Å²) in [6.07, 6.45) is 2.86. The normalized spacial score (nSPS) is 16.8. The monoisotopic (exact) mass is 356 g/mol. The first-order chi connectivity index (χ1) is 12.7. The highest BCUT2D eigenvalue weighted by molar-refractivity contribution is 5.89. The van der Waals surface area contributed by atoms with E-state index in [2.05, 4.69) is 5.32 Å². The molecule has 2 amide bonds. The summed E-state index contributed by atoms with van der Waals surface area (Å²) >= 11 is 0. The number of nitrogens with zero attached hydrogens (tertiary/aromatic N) is 1. The number of likely N-dealkylation sites (tertiary alicyclic amines) is 1. The summed E-state index contributed by atoms with van der Waals surface area (Å²) in [7, 11) is 1.61. The molecule has 3 rings (SSSR count). The van der Waals surface area contributed by atoms with Crippen molar-refractivity contribution in [1.29, 1.82) is 0 Å². The Labute approximate surface area is 153 Å². The topological polar surface area (TPSA) is 71.0 Å². The number of piperidine rings is 1. The molecule has 1 heterocycles. The van der Waals surface area contributed by atoms with Crippen LogP contribution in [0.2, 0.25) is 0 Å². The van der Waals surface area contributed by atoms with Crippen molar-refractivity contribution >= 4 is 11.7 Å². The van der Waals surface area contributed by atoms with Crippen LogP contribution in [0.15, 0.2) is 48.5 Å². The lowest BCUT2D eigenvalue weighted by atomic mass is 10.0. The Bertz CT molecular complexity index is 733. The fraction of sp³-hybridized carbons (Fsp3) is 0.350. The van der Waals surface area contributed by atoms with Crippen LogP contribution in [0.1, 0.15) is 19.3 Å². The van der Waals surface area contributed by atoms with Gasteiger partial charge in [-0.15, -0.1) is 0 Å². The maximum Gasteiger partial charge on any atom is 0.322 e. The molecule has 0 bridgehead atoms. The zero-order valence-electron chi connectivity index (χ0n) is 14.9. The van der Waals surface area contributed by atoms with Crippen molar-refractivity contribution in [3.8, 4) is 17.2 Å². The van der Waals surface area contributed by atoms with Gasteiger partial charge in [-0.2, -0.15) is 0 Å². The smallest absolute Gasteiger partial charge is 0.322 e. The van der Waals surface area contributed by atoms with Gasteiger partial charge in [-0.3, -0.25) is 0 Å². The summed E-state index contributed by atoms with van der Waals surface area (Å²) in [5.41, 5.74) is 0.690. The first-order valence-corrected chi connectivity index (χ1v) is 8.80. The highest BCUT2D eigenvalue weighted by atomic mass is 16.5. The van der Waals surface area contributed by atoms with E-state index in [9.17, 15) is 9.90 Å². The lowest BCUT2D eigenvalue weighted by Crippen LogP contribution is -2.47. The molecule has 0 aromatic heterocycles. The molecule has 138 valence electrons. The van der Waals surface area contributed by atoms with Gasteiger partial charge in [0.25, 0.3) is 0 Å². The summed E-state index contributed by atoms with van der Waals surface area (Å²) in [5.74, 6) is 2.08. The van der Waals surface area contributed by atoms with Crippen LogP contribution in [0, 0.1) is 0 Å². The van der Waals surface area contributed by atoms with Gasteiger partial charge in [-0.05, 0) is 55.7 Å². The molecule has 1 atom stereocenters. The highest BCUT2D eigenvalue weighted by Crippen LogP contribution is 2.26. The minimum Gasteiger partial charge on any atom is -0.497 e. The van der Waals surface area contributed by atoms with Crippen molar-refractivity contribution in [3.05, 3.63) is 48.5 Å². The molecule has 1 unspecified atom stereocenters. The first kappa shape index (κ1) is 18.1. The number of carbonyl (C=O) groups is 1. The van der Waals surface area contributed by atoms with E-state index in [1.165, 1.54) is 0 Å². The summed E-state index contributed by atoms with van der Waals surface area (Å²) in [6.45, 7) is 0.675. The Morgan fingerprint density at radius 3 is 2.65 bits per heavy atom. The number of methoxy groups -OCH3 is 1. The number of rotatable bonds is 5. The predicted octanol–water partition coefficient (Wildman–Crippen LogP) is 3.87. The minimum atomic E-state index is -0.176. The van der Waals surface area contributed by atoms with Crippen LogP contribution >= 0.6 is 0 Å². The highest BCUT2D eigenvalue weighted by Gasteiger charge is 2.25. The fourth-order valence-electron chi connectivity index (χ4n) is 3.06. The Kier molecular flexibility index (Phi) is 5.96. The van der Waals surface area contributed by atoms with Gasteiger partial charge in [-0.25, -0.2) is 4.79 Å². The van der Waals surface area contributed by atoms with Gasteiger partial charge in [0.1, 0.15) is 17.2 Å². The van der Waals surface area contributed by atoms with E-state index < -0.39 is 0 Å². The SMILES string of the molecule is COc1cccc(Oc2ccc(NC(=O)N3CCCCC3CO)cc2)c1. The molecule has 6 nitrogen and oxygen atoms in total. The molecule has 6 heteroatoms. The molecule has 2 aromatic carbocycles. The molecule has 2 N–H and O–H groups in total. The summed E-state index contributed by atoms with van der Waals surface area (Å²) in [5, 5.41) is 12.3. The zero-order valence-corrected chi connectivity index (χ0v) is 14.9. The summed E-state index contributed by atoms with van der Waals surface area (Å²) in [4.78, 5) is 14.2. The number of carbonyl (C=O) groups excluding carboxylic acids is 1. The number of urea groups is 1. The Morgan fingerprint density at radius 1 is 1.15 bits per heavy atom. The van der Waals surface area contributed by atoms with Gasteiger partial charge < -0.3 is 24.8 Å². The maximum atomic E-state index is 12.4. The van der Waals surface area contributed by atoms with Gasteiger partial charge >= 0.3 is 6.03 Å². The van der Waals surface area contributed by atoms with Gasteiger partial charge in [-0.1, -0.05) is 6.07 Å². The van der Waals surface area contributed by atoms with E-state index in [1.807, 2.05) is 18.2 Å². The number of aliphatic hydroxyl groups is 1. The van der Waals surface area contributed by atoms with Crippen molar-refractivity contribution in [2.24, 2.45) is 0 Å². The summed E-state index contributed by atoms with van der Waals surface area (Å²) in [6, 6.07) is 14.3. The van der Waals surface area contributed by atoms with Crippen molar-refractivity contribution < 1.29 is 19.4 Å². The molecule has 2 aromatic rings. The van der Waals surface area contributed by atoms with Crippen LogP contribution in [0.5, 0.6) is 17.2 Å². The largest absolute Gasteiger partial charge is 0.497 e. The number of aliphatic hydroxyl groups excluding tert-OH is 1. The molecular formula is C20H24N2O4. The van der Waals surface area contributed by atoms with Gasteiger partial charge in [0.05, 0.1) is 19.8 Å². The standard InChI is InChI=1S/C20H24N2O4/c1-25-18-6-4-7-19(13-18)26-17-10-8-15(9-11-17)21-20(24)22-12-3-2-5-16(22)14-23/h4,6-11,13,16,23H,2-3,5,12,14H2,1H3,(H,21,24). The van der Waals surface area contributed by atoms with Crippen molar-refractivity contribution in [2.45, 2.75) is 25.3 Å². The second-order valence-electron chi connectivity index (χ2n) is 6.26. The molecular weight excluding hydrogens is 332 g/mol. The Morgan fingerprint density at radius 2 is 1.92 bits per heavy atom. The van der Waals surface area contributed by atoms with Gasteiger partial charge in [0.2, 0.25) is 0 Å². The zero-order chi connectivity index (χ0) is 18.4. The van der Waals surface area contributed by atoms with Crippen molar-refractivity contribution in [3.63, 3.8) is 0 Å². The van der Waals surface area contributed by atoms with Gasteiger partial charge in [0, 0.05) is 18.3 Å². The van der Waals surface area contributed by atoms with Crippen LogP contribution in [0.4, 0.5) is 10.5 Å². The average molecular weight is 356 g/mol. The molecule has 0 radical (unpaired) electrons. The maximum absolute atomic E-state index is 12.4. The Balaban J connectivity index is 1.61. The minimum absolute atomic E-state index is 0.000730. The van der Waals surface area contributed by atoms with Crippen molar-refractivity contribution in [1.82, 2.24) is 4.90 Å². The number of nitrogens with one attached hydrogen (secondary N) is 1. The third-order valence-corrected chi connectivity index (χ3v) is 4.48. The van der Waals surface area contributed by atoms with Crippen molar-refractivity contribution in [2.75, 3.05) is 25.6 Å². The number of amides is 2. The lowest BCUT2D eigenvalue weighted by molar-refractivity contribution is 0.115. The quantitative estimate of drug-likeness (QED) is 0.853. The van der Waals surface area contributed by atoms with E-state index in [0.29, 0.717) is 23.7 Å². The predicted molar refractivity (Wildman–Crippen MR) is 100.0 cm³/mol. The number of hydrogen-bond donors (Lipinski definition) is 2. The number of hydrogen-bond acceptors (Lipinski definition) is 4. The van der Waals surface area contributed by atoms with Crippen LogP contribution < -0.4 is 14.8 Å². The number of anilines is 1. The molecule has 1 aliphatic rings. The number of ether oxygens (including phenoxy) is 2. The average Bonchev–Trinajstić information content (AvgIpc) is 2.69. The van der Waals surface area contributed by atoms with Crippen LogP contribution in [-0.2, 0) is 0 Å². The van der Waals surface area contributed by atoms with Gasteiger partial charge in [0.15, 0.2) is 0 Å². The molecule has 1 aliphatic heterocycles. The lowest BCUT2D eigenvalue weighted by Gasteiger charge is -2.34. The second kappa shape index (κ2) is 8.58. The van der Waals surface area contributed by atoms with E-state index in [0.717, 1.165) is 25.0 Å². The molecule has 1 saturated heterocycles. The molecule has 26 heavy (non-hydrogen) atoms. The molecule has 0 aliphatic carbocycles. The fourth-order valence-corrected chi connectivity index (χ4v) is 3.06. The van der Waals surface area contributed by atoms with Crippen LogP contribution in [0.25, 0.3) is 0 Å². The first-order valence-electron chi connectivity index (χ1n) is 8.80. The molecule has 0 saturated carbocycles. The third-order valence-electron chi connectivity index (χ3n) is 4.48. The van der Waals surface area contributed by atoms with Crippen LogP contribution in [0.3, 0.4) is 0 Å².